The third-order valence-electron chi connectivity index (χ3n) is 2.72. The van der Waals surface area contributed by atoms with E-state index in [9.17, 15) is 0 Å². The zero-order valence-electron chi connectivity index (χ0n) is 9.17. The first-order chi connectivity index (χ1) is 7.34. The summed E-state index contributed by atoms with van der Waals surface area (Å²) in [7, 11) is 2.12. The molecule has 0 bridgehead atoms. The summed E-state index contributed by atoms with van der Waals surface area (Å²) in [5, 5.41) is 4.07. The van der Waals surface area contributed by atoms with E-state index < -0.39 is 0 Å². The molecule has 1 atom stereocenters. The van der Waals surface area contributed by atoms with Gasteiger partial charge in [0.05, 0.1) is 12.6 Å². The van der Waals surface area contributed by atoms with Gasteiger partial charge in [0.15, 0.2) is 0 Å². The van der Waals surface area contributed by atoms with Crippen LogP contribution < -0.4 is 0 Å². The van der Waals surface area contributed by atoms with Crippen LogP contribution >= 0.6 is 0 Å². The lowest BCUT2D eigenvalue weighted by molar-refractivity contribution is 0.0800. The van der Waals surface area contributed by atoms with Crippen molar-refractivity contribution < 1.29 is 4.74 Å². The van der Waals surface area contributed by atoms with Gasteiger partial charge >= 0.3 is 0 Å². The molecule has 1 fully saturated rings. The summed E-state index contributed by atoms with van der Waals surface area (Å²) < 4.78 is 7.44. The van der Waals surface area contributed by atoms with Gasteiger partial charge in [-0.25, -0.2) is 4.98 Å². The molecule has 0 amide bonds. The molecule has 1 aromatic rings. The lowest BCUT2D eigenvalue weighted by Crippen LogP contribution is -2.31. The van der Waals surface area contributed by atoms with Crippen molar-refractivity contribution in [2.45, 2.75) is 25.5 Å². The smallest absolute Gasteiger partial charge is 0.137 e. The fourth-order valence-electron chi connectivity index (χ4n) is 1.85. The van der Waals surface area contributed by atoms with Crippen molar-refractivity contribution in [3.05, 3.63) is 12.7 Å². The molecule has 15 heavy (non-hydrogen) atoms. The molecule has 0 N–H and O–H groups in total. The summed E-state index contributed by atoms with van der Waals surface area (Å²) >= 11 is 0. The molecule has 0 aliphatic carbocycles. The molecule has 1 unspecified atom stereocenters. The van der Waals surface area contributed by atoms with Gasteiger partial charge in [0.2, 0.25) is 0 Å². The lowest BCUT2D eigenvalue weighted by atomic mass is 10.2. The van der Waals surface area contributed by atoms with Gasteiger partial charge in [-0.15, -0.1) is 0 Å². The molecular formula is C10H18N4O. The topological polar surface area (TPSA) is 43.2 Å². The fraction of sp³-hybridized carbons (Fsp3) is 0.800. The minimum Gasteiger partial charge on any atom is -0.377 e. The second kappa shape index (κ2) is 5.23. The van der Waals surface area contributed by atoms with Crippen molar-refractivity contribution >= 4 is 0 Å². The predicted octanol–water partition coefficient (Wildman–Crippen LogP) is 0.389. The number of aromatic nitrogens is 3. The second-order valence-corrected chi connectivity index (χ2v) is 4.06. The van der Waals surface area contributed by atoms with Crippen LogP contribution in [0.25, 0.3) is 0 Å². The van der Waals surface area contributed by atoms with Gasteiger partial charge in [0, 0.05) is 19.7 Å². The van der Waals surface area contributed by atoms with Crippen LogP contribution in [0.5, 0.6) is 0 Å². The molecule has 84 valence electrons. The van der Waals surface area contributed by atoms with Crippen LogP contribution in [-0.4, -0.2) is 52.5 Å². The molecule has 1 saturated heterocycles. The zero-order chi connectivity index (χ0) is 10.5. The van der Waals surface area contributed by atoms with Gasteiger partial charge in [-0.05, 0) is 19.9 Å². The Kier molecular flexibility index (Phi) is 3.69. The molecular weight excluding hydrogens is 192 g/mol. The van der Waals surface area contributed by atoms with E-state index in [1.807, 2.05) is 4.68 Å². The molecule has 2 heterocycles. The van der Waals surface area contributed by atoms with Gasteiger partial charge in [0.1, 0.15) is 12.7 Å². The molecule has 1 aliphatic heterocycles. The van der Waals surface area contributed by atoms with Gasteiger partial charge in [0.25, 0.3) is 0 Å². The number of likely N-dealkylation sites (N-methyl/N-ethyl adjacent to an activating group) is 1. The van der Waals surface area contributed by atoms with Crippen molar-refractivity contribution in [3.63, 3.8) is 0 Å². The predicted molar refractivity (Wildman–Crippen MR) is 56.5 cm³/mol. The quantitative estimate of drug-likeness (QED) is 0.705. The monoisotopic (exact) mass is 210 g/mol. The molecule has 5 heteroatoms. The summed E-state index contributed by atoms with van der Waals surface area (Å²) in [4.78, 5) is 6.20. The molecule has 0 saturated carbocycles. The van der Waals surface area contributed by atoms with Gasteiger partial charge < -0.3 is 9.64 Å². The standard InChI is InChI=1S/C10H18N4O/c1-13(7-10-3-2-6-15-10)4-5-14-9-11-8-12-14/h8-10H,2-7H2,1H3. The average molecular weight is 210 g/mol. The second-order valence-electron chi connectivity index (χ2n) is 4.06. The van der Waals surface area contributed by atoms with Crippen LogP contribution in [0.4, 0.5) is 0 Å². The van der Waals surface area contributed by atoms with E-state index in [4.69, 9.17) is 4.74 Å². The number of hydrogen-bond donors (Lipinski definition) is 0. The van der Waals surface area contributed by atoms with Gasteiger partial charge in [-0.2, -0.15) is 5.10 Å². The zero-order valence-corrected chi connectivity index (χ0v) is 9.17. The molecule has 2 rings (SSSR count). The Bertz CT molecular complexity index is 269. The molecule has 0 aromatic carbocycles. The van der Waals surface area contributed by atoms with Crippen LogP contribution in [0.2, 0.25) is 0 Å². The minimum absolute atomic E-state index is 0.436. The first-order valence-corrected chi connectivity index (χ1v) is 5.47. The van der Waals surface area contributed by atoms with E-state index in [-0.39, 0.29) is 0 Å². The Balaban J connectivity index is 1.66. The van der Waals surface area contributed by atoms with Crippen molar-refractivity contribution in [2.24, 2.45) is 0 Å². The van der Waals surface area contributed by atoms with Gasteiger partial charge in [-0.3, -0.25) is 4.68 Å². The van der Waals surface area contributed by atoms with E-state index in [0.29, 0.717) is 6.10 Å². The van der Waals surface area contributed by atoms with E-state index >= 15 is 0 Å². The number of hydrogen-bond acceptors (Lipinski definition) is 4. The summed E-state index contributed by atoms with van der Waals surface area (Å²) in [6.07, 6.45) is 6.17. The number of rotatable bonds is 5. The van der Waals surface area contributed by atoms with E-state index in [0.717, 1.165) is 26.2 Å². The molecule has 1 aliphatic rings. The molecule has 1 aromatic heterocycles. The Morgan fingerprint density at radius 2 is 2.53 bits per heavy atom. The van der Waals surface area contributed by atoms with Crippen LogP contribution in [0, 0.1) is 0 Å². The number of ether oxygens (including phenoxy) is 1. The fourth-order valence-corrected chi connectivity index (χ4v) is 1.85. The average Bonchev–Trinajstić information content (AvgIpc) is 2.86. The Morgan fingerprint density at radius 1 is 1.60 bits per heavy atom. The highest BCUT2D eigenvalue weighted by Crippen LogP contribution is 2.12. The molecule has 5 nitrogen and oxygen atoms in total. The molecule has 0 radical (unpaired) electrons. The highest BCUT2D eigenvalue weighted by molar-refractivity contribution is 4.68. The summed E-state index contributed by atoms with van der Waals surface area (Å²) in [5.41, 5.74) is 0. The maximum absolute atomic E-state index is 5.58. The highest BCUT2D eigenvalue weighted by Gasteiger charge is 2.16. The Morgan fingerprint density at radius 3 is 3.20 bits per heavy atom. The largest absolute Gasteiger partial charge is 0.377 e. The van der Waals surface area contributed by atoms with Crippen LogP contribution in [-0.2, 0) is 11.3 Å². The normalized spacial score (nSPS) is 21.3. The highest BCUT2D eigenvalue weighted by atomic mass is 16.5. The molecule has 0 spiro atoms. The van der Waals surface area contributed by atoms with Gasteiger partial charge in [-0.1, -0.05) is 0 Å². The maximum atomic E-state index is 5.58. The summed E-state index contributed by atoms with van der Waals surface area (Å²) in [6, 6.07) is 0. The van der Waals surface area contributed by atoms with Crippen LogP contribution in [0.15, 0.2) is 12.7 Å². The van der Waals surface area contributed by atoms with Crippen molar-refractivity contribution in [3.8, 4) is 0 Å². The third-order valence-corrected chi connectivity index (χ3v) is 2.72. The maximum Gasteiger partial charge on any atom is 0.137 e. The third kappa shape index (κ3) is 3.28. The van der Waals surface area contributed by atoms with E-state index in [1.54, 1.807) is 12.7 Å². The summed E-state index contributed by atoms with van der Waals surface area (Å²) in [6.45, 7) is 3.84. The summed E-state index contributed by atoms with van der Waals surface area (Å²) in [5.74, 6) is 0. The van der Waals surface area contributed by atoms with E-state index in [1.165, 1.54) is 12.8 Å². The number of nitrogens with zero attached hydrogens (tertiary/aromatic N) is 4. The Labute approximate surface area is 90.0 Å². The van der Waals surface area contributed by atoms with E-state index in [2.05, 4.69) is 22.0 Å². The van der Waals surface area contributed by atoms with Crippen LogP contribution in [0.1, 0.15) is 12.8 Å². The first-order valence-electron chi connectivity index (χ1n) is 5.47. The van der Waals surface area contributed by atoms with Crippen LogP contribution in [0.3, 0.4) is 0 Å². The lowest BCUT2D eigenvalue weighted by Gasteiger charge is -2.20. The van der Waals surface area contributed by atoms with Crippen molar-refractivity contribution in [1.29, 1.82) is 0 Å². The Hall–Kier alpha value is -0.940. The first kappa shape index (κ1) is 10.6. The van der Waals surface area contributed by atoms with Crippen molar-refractivity contribution in [2.75, 3.05) is 26.7 Å². The van der Waals surface area contributed by atoms with Crippen molar-refractivity contribution in [1.82, 2.24) is 19.7 Å². The minimum atomic E-state index is 0.436. The SMILES string of the molecule is CN(CCn1cncn1)CC1CCCO1.